The van der Waals surface area contributed by atoms with Gasteiger partial charge in [-0.05, 0) is 35.7 Å². The third-order valence-electron chi connectivity index (χ3n) is 4.80. The molecule has 0 radical (unpaired) electrons. The van der Waals surface area contributed by atoms with Gasteiger partial charge < -0.3 is 25.8 Å². The van der Waals surface area contributed by atoms with E-state index < -0.39 is 0 Å². The number of nitrogens with zero attached hydrogens (tertiary/aromatic N) is 2. The maximum Gasteiger partial charge on any atom is 0.251 e. The summed E-state index contributed by atoms with van der Waals surface area (Å²) in [7, 11) is 1.00. The Kier molecular flexibility index (Phi) is 8.03. The van der Waals surface area contributed by atoms with Crippen LogP contribution >= 0.6 is 0 Å². The van der Waals surface area contributed by atoms with Gasteiger partial charge in [0.05, 0.1) is 5.56 Å². The molecule has 0 unspecified atom stereocenters. The predicted molar refractivity (Wildman–Crippen MR) is 126 cm³/mol. The molecule has 1 amide bonds. The summed E-state index contributed by atoms with van der Waals surface area (Å²) >= 11 is 0. The minimum Gasteiger partial charge on any atom is -0.428 e. The van der Waals surface area contributed by atoms with Gasteiger partial charge in [-0.15, -0.1) is 0 Å². The lowest BCUT2D eigenvalue weighted by Crippen LogP contribution is -2.31. The predicted octanol–water partition coefficient (Wildman–Crippen LogP) is 2.68. The summed E-state index contributed by atoms with van der Waals surface area (Å²) in [5.41, 5.74) is 3.80. The van der Waals surface area contributed by atoms with Crippen molar-refractivity contribution in [1.82, 2.24) is 15.3 Å². The lowest BCUT2D eigenvalue weighted by Gasteiger charge is -2.17. The van der Waals surface area contributed by atoms with Crippen molar-refractivity contribution < 1.29 is 14.6 Å². The molecule has 6 N–H and O–H groups in total. The van der Waals surface area contributed by atoms with Gasteiger partial charge in [-0.1, -0.05) is 30.3 Å². The van der Waals surface area contributed by atoms with E-state index in [1.165, 1.54) is 6.20 Å². The summed E-state index contributed by atoms with van der Waals surface area (Å²) in [5.74, 6) is 0.454. The number of rotatable bonds is 7. The molecule has 2 aromatic carbocycles. The van der Waals surface area contributed by atoms with Crippen molar-refractivity contribution in [3.05, 3.63) is 77.0 Å². The van der Waals surface area contributed by atoms with E-state index in [0.29, 0.717) is 42.4 Å². The van der Waals surface area contributed by atoms with Crippen LogP contribution in [0.15, 0.2) is 54.7 Å². The normalized spacial score (nSPS) is 11.8. The Labute approximate surface area is 191 Å². The Morgan fingerprint density at radius 3 is 2.79 bits per heavy atom. The molecule has 2 heterocycles. The number of aromatic nitrogens is 2. The Balaban J connectivity index is 0.00000149. The Morgan fingerprint density at radius 2 is 2.03 bits per heavy atom. The van der Waals surface area contributed by atoms with Gasteiger partial charge in [0.25, 0.3) is 5.91 Å². The monoisotopic (exact) mass is 447 g/mol. The highest BCUT2D eigenvalue weighted by Crippen LogP contribution is 2.23. The number of nitrogens with one attached hydrogen (secondary N) is 5. The number of benzene rings is 2. The Morgan fingerprint density at radius 1 is 1.24 bits per heavy atom. The number of hydrogen-bond donors (Lipinski definition) is 6. The molecule has 1 aromatic heterocycles. The number of anilines is 3. The number of hydrogen-bond acceptors (Lipinski definition) is 9. The number of carbonyl (C=O) groups excluding carboxylic acids is 1. The fourth-order valence-corrected chi connectivity index (χ4v) is 3.28. The molecule has 0 aliphatic carbocycles. The highest BCUT2D eigenvalue weighted by molar-refractivity contribution is 5.99. The molecule has 33 heavy (non-hydrogen) atoms. The van der Waals surface area contributed by atoms with Gasteiger partial charge in [-0.25, -0.2) is 4.98 Å². The zero-order valence-corrected chi connectivity index (χ0v) is 18.1. The molecule has 0 atom stereocenters. The van der Waals surface area contributed by atoms with E-state index in [0.717, 1.165) is 30.3 Å². The van der Waals surface area contributed by atoms with Crippen molar-refractivity contribution in [2.75, 3.05) is 24.3 Å². The third kappa shape index (κ3) is 5.89. The number of fused-ring (bicyclic) bond motifs is 1. The first-order valence-corrected chi connectivity index (χ1v) is 10.2. The van der Waals surface area contributed by atoms with Gasteiger partial charge in [-0.3, -0.25) is 15.6 Å². The van der Waals surface area contributed by atoms with E-state index in [2.05, 4.69) is 25.9 Å². The average Bonchev–Trinajstić information content (AvgIpc) is 2.85. The largest absolute Gasteiger partial charge is 0.428 e. The van der Waals surface area contributed by atoms with Crippen LogP contribution in [0, 0.1) is 10.8 Å². The molecule has 1 aliphatic rings. The second kappa shape index (κ2) is 11.3. The standard InChI is InChI=1S/C22H21N7O2.CH4O/c23-13-31-19(24)18-12-27-22(29-20(18)26-11-14-4-2-1-3-5-14)28-16-6-7-17-15(10-16)8-9-25-21(17)30;1-2/h1-7,10,12-13,23-24H,8-9,11H2,(H,25,30)(H2,26,27,28,29);2H,1H3. The molecule has 1 aliphatic heterocycles. The van der Waals surface area contributed by atoms with Crippen molar-refractivity contribution in [2.24, 2.45) is 0 Å². The van der Waals surface area contributed by atoms with Crippen molar-refractivity contribution in [3.8, 4) is 0 Å². The molecule has 0 saturated heterocycles. The smallest absolute Gasteiger partial charge is 0.251 e. The molecule has 0 fully saturated rings. The zero-order valence-electron chi connectivity index (χ0n) is 18.1. The Bertz CT molecular complexity index is 1140. The quantitative estimate of drug-likeness (QED) is 0.240. The van der Waals surface area contributed by atoms with Crippen molar-refractivity contribution >= 4 is 35.7 Å². The van der Waals surface area contributed by atoms with Crippen LogP contribution in [0.1, 0.15) is 27.0 Å². The number of amides is 1. The van der Waals surface area contributed by atoms with Gasteiger partial charge in [0, 0.05) is 37.6 Å². The van der Waals surface area contributed by atoms with E-state index in [1.807, 2.05) is 36.4 Å². The molecular weight excluding hydrogens is 422 g/mol. The minimum absolute atomic E-state index is 0.0643. The van der Waals surface area contributed by atoms with E-state index in [9.17, 15) is 4.79 Å². The van der Waals surface area contributed by atoms with Crippen molar-refractivity contribution in [2.45, 2.75) is 13.0 Å². The highest BCUT2D eigenvalue weighted by Gasteiger charge is 2.17. The van der Waals surface area contributed by atoms with Crippen LogP contribution < -0.4 is 16.0 Å². The van der Waals surface area contributed by atoms with Crippen LogP contribution in [-0.2, 0) is 17.7 Å². The lowest BCUT2D eigenvalue weighted by atomic mass is 10.00. The summed E-state index contributed by atoms with van der Waals surface area (Å²) in [4.78, 5) is 20.7. The van der Waals surface area contributed by atoms with Crippen LogP contribution in [0.4, 0.5) is 17.5 Å². The molecular formula is C23H25N7O3. The SMILES string of the molecule is CO.N=COC(=N)c1cnc(Nc2ccc3c(c2)CCNC3=O)nc1NCc1ccccc1. The molecule has 4 rings (SSSR count). The number of carbonyl (C=O) groups is 1. The van der Waals surface area contributed by atoms with Gasteiger partial charge >= 0.3 is 0 Å². The topological polar surface area (TPSA) is 156 Å². The summed E-state index contributed by atoms with van der Waals surface area (Å²) in [6.45, 7) is 1.11. The summed E-state index contributed by atoms with van der Waals surface area (Å²) in [5, 5.41) is 31.3. The van der Waals surface area contributed by atoms with E-state index in [-0.39, 0.29) is 11.8 Å². The molecule has 10 nitrogen and oxygen atoms in total. The van der Waals surface area contributed by atoms with Crippen LogP contribution in [0.2, 0.25) is 0 Å². The molecule has 10 heteroatoms. The van der Waals surface area contributed by atoms with Crippen molar-refractivity contribution in [3.63, 3.8) is 0 Å². The van der Waals surface area contributed by atoms with Gasteiger partial charge in [0.2, 0.25) is 11.8 Å². The van der Waals surface area contributed by atoms with Gasteiger partial charge in [0.1, 0.15) is 5.82 Å². The average molecular weight is 447 g/mol. The third-order valence-corrected chi connectivity index (χ3v) is 4.80. The van der Waals surface area contributed by atoms with Crippen LogP contribution in [0.5, 0.6) is 0 Å². The first-order valence-electron chi connectivity index (χ1n) is 10.2. The van der Waals surface area contributed by atoms with Crippen LogP contribution in [-0.4, -0.2) is 46.9 Å². The van der Waals surface area contributed by atoms with Crippen LogP contribution in [0.3, 0.4) is 0 Å². The van der Waals surface area contributed by atoms with Crippen LogP contribution in [0.25, 0.3) is 0 Å². The molecule has 0 saturated carbocycles. The van der Waals surface area contributed by atoms with E-state index in [4.69, 9.17) is 20.7 Å². The minimum atomic E-state index is -0.225. The molecule has 0 spiro atoms. The van der Waals surface area contributed by atoms with E-state index >= 15 is 0 Å². The lowest BCUT2D eigenvalue weighted by molar-refractivity contribution is 0.0946. The fourth-order valence-electron chi connectivity index (χ4n) is 3.28. The molecule has 0 bridgehead atoms. The van der Waals surface area contributed by atoms with Gasteiger partial charge in [-0.2, -0.15) is 4.98 Å². The number of ether oxygens (including phenoxy) is 1. The van der Waals surface area contributed by atoms with E-state index in [1.54, 1.807) is 12.1 Å². The Hall–Kier alpha value is -4.31. The second-order valence-corrected chi connectivity index (χ2v) is 6.86. The van der Waals surface area contributed by atoms with Gasteiger partial charge in [0.15, 0.2) is 6.40 Å². The summed E-state index contributed by atoms with van der Waals surface area (Å²) < 4.78 is 4.90. The molecule has 3 aromatic rings. The van der Waals surface area contributed by atoms with Crippen molar-refractivity contribution in [1.29, 1.82) is 10.8 Å². The number of aliphatic hydroxyl groups excluding tert-OH is 1. The first-order chi connectivity index (χ1) is 16.1. The zero-order chi connectivity index (χ0) is 23.6. The summed E-state index contributed by atoms with van der Waals surface area (Å²) in [6.07, 6.45) is 2.93. The number of aliphatic hydroxyl groups is 1. The first kappa shape index (κ1) is 23.4. The summed E-state index contributed by atoms with van der Waals surface area (Å²) in [6, 6.07) is 15.3. The molecule has 170 valence electrons. The second-order valence-electron chi connectivity index (χ2n) is 6.86. The highest BCUT2D eigenvalue weighted by atomic mass is 16.5. The fraction of sp³-hybridized carbons (Fsp3) is 0.174. The maximum atomic E-state index is 11.9. The maximum absolute atomic E-state index is 11.9.